The minimum atomic E-state index is -0.0183. The van der Waals surface area contributed by atoms with E-state index >= 15 is 0 Å². The zero-order valence-electron chi connectivity index (χ0n) is 12.0. The number of methoxy groups -OCH3 is 1. The van der Waals surface area contributed by atoms with E-state index in [4.69, 9.17) is 4.74 Å². The molecule has 0 atom stereocenters. The number of ether oxygens (including phenoxy) is 1. The summed E-state index contributed by atoms with van der Waals surface area (Å²) in [6, 6.07) is 13.5. The molecule has 0 saturated carbocycles. The number of allylic oxidation sites excluding steroid dienone is 1. The molecule has 2 aromatic carbocycles. The highest BCUT2D eigenvalue weighted by Gasteiger charge is 2.08. The smallest absolute Gasteiger partial charge is 0.185 e. The number of hydrogen-bond acceptors (Lipinski definition) is 2. The molecule has 20 heavy (non-hydrogen) atoms. The maximum atomic E-state index is 12.2. The summed E-state index contributed by atoms with van der Waals surface area (Å²) in [7, 11) is 1.62. The normalized spacial score (nSPS) is 10.8. The van der Waals surface area contributed by atoms with Crippen LogP contribution >= 0.6 is 0 Å². The lowest BCUT2D eigenvalue weighted by atomic mass is 10.0. The van der Waals surface area contributed by atoms with Gasteiger partial charge in [-0.15, -0.1) is 0 Å². The fourth-order valence-electron chi connectivity index (χ4n) is 2.01. The fourth-order valence-corrected chi connectivity index (χ4v) is 2.01. The van der Waals surface area contributed by atoms with Crippen LogP contribution in [0.15, 0.2) is 48.5 Å². The van der Waals surface area contributed by atoms with Gasteiger partial charge >= 0.3 is 0 Å². The lowest BCUT2D eigenvalue weighted by Gasteiger charge is -2.09. The van der Waals surface area contributed by atoms with Crippen molar-refractivity contribution < 1.29 is 9.53 Å². The Labute approximate surface area is 119 Å². The van der Waals surface area contributed by atoms with E-state index in [9.17, 15) is 4.79 Å². The van der Waals surface area contributed by atoms with Crippen LogP contribution < -0.4 is 4.74 Å². The maximum Gasteiger partial charge on any atom is 0.185 e. The predicted octanol–water partition coefficient (Wildman–Crippen LogP) is 4.21. The molecule has 0 heterocycles. The Kier molecular flexibility index (Phi) is 4.36. The van der Waals surface area contributed by atoms with Crippen LogP contribution in [0.5, 0.6) is 5.75 Å². The second-order valence-corrected chi connectivity index (χ2v) is 4.73. The summed E-state index contributed by atoms with van der Waals surface area (Å²) < 4.78 is 5.30. The van der Waals surface area contributed by atoms with Crippen LogP contribution in [-0.2, 0) is 0 Å². The molecule has 102 valence electrons. The van der Waals surface area contributed by atoms with Gasteiger partial charge in [0.2, 0.25) is 0 Å². The van der Waals surface area contributed by atoms with Gasteiger partial charge in [0.25, 0.3) is 0 Å². The van der Waals surface area contributed by atoms with Crippen LogP contribution in [0.3, 0.4) is 0 Å². The van der Waals surface area contributed by atoms with Gasteiger partial charge in [0.1, 0.15) is 5.75 Å². The minimum Gasteiger partial charge on any atom is -0.496 e. The molecule has 0 aliphatic heterocycles. The largest absolute Gasteiger partial charge is 0.496 e. The SMILES string of the molecule is COc1cc(C(=O)/C=C/c2ccccc2)cc(C)c1C. The Morgan fingerprint density at radius 3 is 2.45 bits per heavy atom. The van der Waals surface area contributed by atoms with E-state index in [1.165, 1.54) is 0 Å². The van der Waals surface area contributed by atoms with Crippen LogP contribution in [0.2, 0.25) is 0 Å². The summed E-state index contributed by atoms with van der Waals surface area (Å²) in [6.07, 6.45) is 3.42. The van der Waals surface area contributed by atoms with Crippen LogP contribution in [-0.4, -0.2) is 12.9 Å². The highest BCUT2D eigenvalue weighted by atomic mass is 16.5. The molecule has 0 radical (unpaired) electrons. The molecule has 0 aliphatic carbocycles. The second-order valence-electron chi connectivity index (χ2n) is 4.73. The summed E-state index contributed by atoms with van der Waals surface area (Å²) in [5, 5.41) is 0. The molecule has 0 aliphatic rings. The first-order valence-corrected chi connectivity index (χ1v) is 6.54. The molecule has 0 fully saturated rings. The Hall–Kier alpha value is -2.35. The van der Waals surface area contributed by atoms with E-state index in [0.29, 0.717) is 5.56 Å². The molecule has 2 rings (SSSR count). The van der Waals surface area contributed by atoms with E-state index < -0.39 is 0 Å². The zero-order chi connectivity index (χ0) is 14.5. The lowest BCUT2D eigenvalue weighted by Crippen LogP contribution is -1.99. The van der Waals surface area contributed by atoms with Crippen molar-refractivity contribution in [1.82, 2.24) is 0 Å². The number of ketones is 1. The summed E-state index contributed by atoms with van der Waals surface area (Å²) in [5.41, 5.74) is 3.78. The highest BCUT2D eigenvalue weighted by molar-refractivity contribution is 6.07. The Morgan fingerprint density at radius 1 is 1.10 bits per heavy atom. The van der Waals surface area contributed by atoms with Crippen molar-refractivity contribution in [2.24, 2.45) is 0 Å². The van der Waals surface area contributed by atoms with Crippen LogP contribution in [0.25, 0.3) is 6.08 Å². The number of carbonyl (C=O) groups excluding carboxylic acids is 1. The molecule has 0 amide bonds. The Bertz CT molecular complexity index is 640. The number of carbonyl (C=O) groups is 1. The van der Waals surface area contributed by atoms with Crippen molar-refractivity contribution in [3.63, 3.8) is 0 Å². The summed E-state index contributed by atoms with van der Waals surface area (Å²) in [6.45, 7) is 3.97. The molecule has 0 unspecified atom stereocenters. The molecule has 0 N–H and O–H groups in total. The first-order chi connectivity index (χ1) is 9.61. The quantitative estimate of drug-likeness (QED) is 0.612. The maximum absolute atomic E-state index is 12.2. The highest BCUT2D eigenvalue weighted by Crippen LogP contribution is 2.23. The Morgan fingerprint density at radius 2 is 1.80 bits per heavy atom. The van der Waals surface area contributed by atoms with Gasteiger partial charge in [-0.05, 0) is 48.7 Å². The molecular formula is C18H18O2. The summed E-state index contributed by atoms with van der Waals surface area (Å²) in [4.78, 5) is 12.2. The van der Waals surface area contributed by atoms with Crippen LogP contribution in [0.1, 0.15) is 27.0 Å². The van der Waals surface area contributed by atoms with Crippen molar-refractivity contribution in [3.8, 4) is 5.75 Å². The van der Waals surface area contributed by atoms with Crippen molar-refractivity contribution in [1.29, 1.82) is 0 Å². The minimum absolute atomic E-state index is 0.0183. The van der Waals surface area contributed by atoms with E-state index in [0.717, 1.165) is 22.4 Å². The van der Waals surface area contributed by atoms with Gasteiger partial charge in [0.15, 0.2) is 5.78 Å². The number of aryl methyl sites for hydroxylation is 1. The van der Waals surface area contributed by atoms with E-state index in [1.807, 2.05) is 56.3 Å². The van der Waals surface area contributed by atoms with Crippen molar-refractivity contribution in [2.45, 2.75) is 13.8 Å². The lowest BCUT2D eigenvalue weighted by molar-refractivity contribution is 0.104. The summed E-state index contributed by atoms with van der Waals surface area (Å²) in [5.74, 6) is 0.733. The van der Waals surface area contributed by atoms with Crippen molar-refractivity contribution in [3.05, 3.63) is 70.8 Å². The molecular weight excluding hydrogens is 248 g/mol. The third kappa shape index (κ3) is 3.15. The fraction of sp³-hybridized carbons (Fsp3) is 0.167. The standard InChI is InChI=1S/C18H18O2/c1-13-11-16(12-18(20-3)14(13)2)17(19)10-9-15-7-5-4-6-8-15/h4-12H,1-3H3/b10-9+. The number of hydrogen-bond donors (Lipinski definition) is 0. The van der Waals surface area contributed by atoms with Gasteiger partial charge in [-0.3, -0.25) is 4.79 Å². The average molecular weight is 266 g/mol. The zero-order valence-corrected chi connectivity index (χ0v) is 12.0. The van der Waals surface area contributed by atoms with E-state index in [-0.39, 0.29) is 5.78 Å². The first kappa shape index (κ1) is 14.1. The van der Waals surface area contributed by atoms with Gasteiger partial charge in [-0.1, -0.05) is 36.4 Å². The molecule has 0 spiro atoms. The van der Waals surface area contributed by atoms with E-state index in [2.05, 4.69) is 0 Å². The molecule has 0 saturated heterocycles. The third-order valence-corrected chi connectivity index (χ3v) is 3.35. The van der Waals surface area contributed by atoms with Crippen LogP contribution in [0.4, 0.5) is 0 Å². The molecule has 2 nitrogen and oxygen atoms in total. The number of rotatable bonds is 4. The first-order valence-electron chi connectivity index (χ1n) is 6.54. The molecule has 2 aromatic rings. The molecule has 0 bridgehead atoms. The molecule has 2 heteroatoms. The summed E-state index contributed by atoms with van der Waals surface area (Å²) >= 11 is 0. The van der Waals surface area contributed by atoms with E-state index in [1.54, 1.807) is 19.3 Å². The van der Waals surface area contributed by atoms with Gasteiger partial charge < -0.3 is 4.74 Å². The second kappa shape index (κ2) is 6.20. The predicted molar refractivity (Wildman–Crippen MR) is 82.3 cm³/mol. The molecule has 0 aromatic heterocycles. The van der Waals surface area contributed by atoms with Crippen molar-refractivity contribution >= 4 is 11.9 Å². The van der Waals surface area contributed by atoms with Gasteiger partial charge in [0.05, 0.1) is 7.11 Å². The van der Waals surface area contributed by atoms with Gasteiger partial charge in [0, 0.05) is 5.56 Å². The van der Waals surface area contributed by atoms with Gasteiger partial charge in [-0.2, -0.15) is 0 Å². The topological polar surface area (TPSA) is 26.3 Å². The number of benzene rings is 2. The monoisotopic (exact) mass is 266 g/mol. The third-order valence-electron chi connectivity index (χ3n) is 3.35. The van der Waals surface area contributed by atoms with Gasteiger partial charge in [-0.25, -0.2) is 0 Å². The van der Waals surface area contributed by atoms with Crippen LogP contribution in [0, 0.1) is 13.8 Å². The Balaban J connectivity index is 2.26. The van der Waals surface area contributed by atoms with Crippen molar-refractivity contribution in [2.75, 3.05) is 7.11 Å². The average Bonchev–Trinajstić information content (AvgIpc) is 2.48.